The van der Waals surface area contributed by atoms with Gasteiger partial charge >= 0.3 is 5.97 Å². The zero-order chi connectivity index (χ0) is 13.7. The molecule has 1 aromatic rings. The first kappa shape index (κ1) is 13.6. The average molecular weight is 258 g/mol. The van der Waals surface area contributed by atoms with E-state index < -0.39 is 5.97 Å². The molecular formula is C15H18N2O2. The fourth-order valence-electron chi connectivity index (χ4n) is 2.60. The number of nitriles is 1. The maximum absolute atomic E-state index is 10.7. The average Bonchev–Trinajstić information content (AvgIpc) is 2.41. The van der Waals surface area contributed by atoms with Crippen LogP contribution in [-0.4, -0.2) is 29.1 Å². The van der Waals surface area contributed by atoms with Gasteiger partial charge in [-0.15, -0.1) is 0 Å². The van der Waals surface area contributed by atoms with Crippen molar-refractivity contribution < 1.29 is 9.90 Å². The van der Waals surface area contributed by atoms with E-state index in [0.717, 1.165) is 43.6 Å². The molecule has 1 aromatic carbocycles. The number of piperidine rings is 1. The molecule has 4 heteroatoms. The lowest BCUT2D eigenvalue weighted by Crippen LogP contribution is -2.34. The lowest BCUT2D eigenvalue weighted by Gasteiger charge is -2.31. The van der Waals surface area contributed by atoms with Gasteiger partial charge in [0, 0.05) is 13.0 Å². The van der Waals surface area contributed by atoms with E-state index >= 15 is 0 Å². The fourth-order valence-corrected chi connectivity index (χ4v) is 2.60. The number of hydrogen-bond donors (Lipinski definition) is 1. The highest BCUT2D eigenvalue weighted by molar-refractivity contribution is 5.67. The Morgan fingerprint density at radius 3 is 2.68 bits per heavy atom. The second-order valence-corrected chi connectivity index (χ2v) is 5.09. The molecule has 1 heterocycles. The Hall–Kier alpha value is -1.86. The van der Waals surface area contributed by atoms with Gasteiger partial charge in [-0.1, -0.05) is 18.2 Å². The van der Waals surface area contributed by atoms with Crippen LogP contribution in [0.3, 0.4) is 0 Å². The van der Waals surface area contributed by atoms with E-state index in [9.17, 15) is 4.79 Å². The zero-order valence-electron chi connectivity index (χ0n) is 10.9. The topological polar surface area (TPSA) is 64.3 Å². The van der Waals surface area contributed by atoms with Crippen LogP contribution >= 0.6 is 0 Å². The largest absolute Gasteiger partial charge is 0.481 e. The molecule has 0 unspecified atom stereocenters. The van der Waals surface area contributed by atoms with Gasteiger partial charge in [-0.3, -0.25) is 9.69 Å². The number of carboxylic acid groups (broad SMARTS) is 1. The lowest BCUT2D eigenvalue weighted by molar-refractivity contribution is -0.138. The third-order valence-corrected chi connectivity index (χ3v) is 3.70. The number of rotatable bonds is 4. The minimum Gasteiger partial charge on any atom is -0.481 e. The van der Waals surface area contributed by atoms with Gasteiger partial charge < -0.3 is 5.11 Å². The Morgan fingerprint density at radius 2 is 2.05 bits per heavy atom. The van der Waals surface area contributed by atoms with Crippen LogP contribution in [0.25, 0.3) is 0 Å². The van der Waals surface area contributed by atoms with Crippen molar-refractivity contribution in [3.8, 4) is 6.07 Å². The summed E-state index contributed by atoms with van der Waals surface area (Å²) in [6, 6.07) is 9.87. The monoisotopic (exact) mass is 258 g/mol. The first-order chi connectivity index (χ1) is 9.19. The van der Waals surface area contributed by atoms with Crippen LogP contribution in [0.4, 0.5) is 0 Å². The number of carboxylic acids is 1. The predicted molar refractivity (Wildman–Crippen MR) is 71.4 cm³/mol. The molecule has 19 heavy (non-hydrogen) atoms. The molecule has 0 amide bonds. The standard InChI is InChI=1S/C15H18N2O2/c16-10-13-3-1-2-4-14(13)11-17-7-5-12(6-8-17)9-15(18)19/h1-4,12H,5-9,11H2,(H,18,19). The molecule has 0 aliphatic carbocycles. The number of hydrogen-bond acceptors (Lipinski definition) is 3. The van der Waals surface area contributed by atoms with Gasteiger partial charge in [-0.05, 0) is 43.5 Å². The molecule has 2 rings (SSSR count). The predicted octanol–water partition coefficient (Wildman–Crippen LogP) is 2.24. The maximum atomic E-state index is 10.7. The smallest absolute Gasteiger partial charge is 0.303 e. The Labute approximate surface area is 113 Å². The normalized spacial score (nSPS) is 17.0. The van der Waals surface area contributed by atoms with Crippen molar-refractivity contribution in [1.29, 1.82) is 5.26 Å². The molecule has 0 spiro atoms. The maximum Gasteiger partial charge on any atom is 0.303 e. The van der Waals surface area contributed by atoms with Crippen molar-refractivity contribution in [3.63, 3.8) is 0 Å². The van der Waals surface area contributed by atoms with E-state index in [1.54, 1.807) is 0 Å². The summed E-state index contributed by atoms with van der Waals surface area (Å²) in [6.45, 7) is 2.61. The molecular weight excluding hydrogens is 240 g/mol. The van der Waals surface area contributed by atoms with Crippen molar-refractivity contribution >= 4 is 5.97 Å². The van der Waals surface area contributed by atoms with Crippen LogP contribution < -0.4 is 0 Å². The lowest BCUT2D eigenvalue weighted by atomic mass is 9.93. The molecule has 1 saturated heterocycles. The fraction of sp³-hybridized carbons (Fsp3) is 0.467. The van der Waals surface area contributed by atoms with Crippen LogP contribution in [0.1, 0.15) is 30.4 Å². The summed E-state index contributed by atoms with van der Waals surface area (Å²) in [5.74, 6) is -0.395. The number of aliphatic carboxylic acids is 1. The van der Waals surface area contributed by atoms with Crippen molar-refractivity contribution in [1.82, 2.24) is 4.90 Å². The molecule has 100 valence electrons. The second kappa shape index (κ2) is 6.35. The van der Waals surface area contributed by atoms with Crippen molar-refractivity contribution in [2.45, 2.75) is 25.8 Å². The van der Waals surface area contributed by atoms with Gasteiger partial charge in [0.1, 0.15) is 0 Å². The van der Waals surface area contributed by atoms with Crippen molar-refractivity contribution in [2.75, 3.05) is 13.1 Å². The minimum absolute atomic E-state index is 0.280. The first-order valence-corrected chi connectivity index (χ1v) is 6.61. The van der Waals surface area contributed by atoms with Crippen LogP contribution in [0.2, 0.25) is 0 Å². The SMILES string of the molecule is N#Cc1ccccc1CN1CCC(CC(=O)O)CC1. The van der Waals surface area contributed by atoms with E-state index in [0.29, 0.717) is 5.92 Å². The van der Waals surface area contributed by atoms with Crippen molar-refractivity contribution in [3.05, 3.63) is 35.4 Å². The quantitative estimate of drug-likeness (QED) is 0.899. The highest BCUT2D eigenvalue weighted by Crippen LogP contribution is 2.22. The minimum atomic E-state index is -0.701. The van der Waals surface area contributed by atoms with E-state index in [1.165, 1.54) is 0 Å². The molecule has 4 nitrogen and oxygen atoms in total. The molecule has 0 aromatic heterocycles. The van der Waals surface area contributed by atoms with E-state index in [2.05, 4.69) is 11.0 Å². The van der Waals surface area contributed by atoms with Crippen LogP contribution in [-0.2, 0) is 11.3 Å². The summed E-state index contributed by atoms with van der Waals surface area (Å²) in [4.78, 5) is 13.0. The zero-order valence-corrected chi connectivity index (χ0v) is 10.9. The summed E-state index contributed by atoms with van der Waals surface area (Å²) >= 11 is 0. The number of likely N-dealkylation sites (tertiary alicyclic amines) is 1. The molecule has 1 aliphatic heterocycles. The molecule has 0 saturated carbocycles. The van der Waals surface area contributed by atoms with Crippen LogP contribution in [0.15, 0.2) is 24.3 Å². The van der Waals surface area contributed by atoms with E-state index in [1.807, 2.05) is 24.3 Å². The third kappa shape index (κ3) is 3.80. The Bertz CT molecular complexity index is 485. The molecule has 1 fully saturated rings. The molecule has 0 bridgehead atoms. The van der Waals surface area contributed by atoms with Gasteiger partial charge in [0.2, 0.25) is 0 Å². The highest BCUT2D eigenvalue weighted by Gasteiger charge is 2.21. The van der Waals surface area contributed by atoms with Gasteiger partial charge in [0.05, 0.1) is 11.6 Å². The van der Waals surface area contributed by atoms with Crippen molar-refractivity contribution in [2.24, 2.45) is 5.92 Å². The summed E-state index contributed by atoms with van der Waals surface area (Å²) in [6.07, 6.45) is 2.14. The molecule has 1 aliphatic rings. The number of benzene rings is 1. The number of carbonyl (C=O) groups is 1. The number of nitrogens with zero attached hydrogens (tertiary/aromatic N) is 2. The van der Waals surface area contributed by atoms with Gasteiger partial charge in [0.25, 0.3) is 0 Å². The molecule has 0 atom stereocenters. The summed E-state index contributed by atoms with van der Waals surface area (Å²) in [5, 5.41) is 17.8. The van der Waals surface area contributed by atoms with E-state index in [-0.39, 0.29) is 6.42 Å². The third-order valence-electron chi connectivity index (χ3n) is 3.70. The summed E-state index contributed by atoms with van der Waals surface area (Å²) in [5.41, 5.74) is 1.79. The molecule has 0 radical (unpaired) electrons. The Kier molecular flexibility index (Phi) is 4.53. The Morgan fingerprint density at radius 1 is 1.37 bits per heavy atom. The van der Waals surface area contributed by atoms with Gasteiger partial charge in [-0.25, -0.2) is 0 Å². The Balaban J connectivity index is 1.89. The highest BCUT2D eigenvalue weighted by atomic mass is 16.4. The first-order valence-electron chi connectivity index (χ1n) is 6.61. The van der Waals surface area contributed by atoms with E-state index in [4.69, 9.17) is 10.4 Å². The van der Waals surface area contributed by atoms with Gasteiger partial charge in [0.15, 0.2) is 0 Å². The molecule has 1 N–H and O–H groups in total. The second-order valence-electron chi connectivity index (χ2n) is 5.09. The van der Waals surface area contributed by atoms with Gasteiger partial charge in [-0.2, -0.15) is 5.26 Å². The summed E-state index contributed by atoms with van der Waals surface area (Å²) in [7, 11) is 0. The summed E-state index contributed by atoms with van der Waals surface area (Å²) < 4.78 is 0. The van der Waals surface area contributed by atoms with Crippen LogP contribution in [0, 0.1) is 17.2 Å². The van der Waals surface area contributed by atoms with Crippen LogP contribution in [0.5, 0.6) is 0 Å².